The Hall–Kier alpha value is -2.44. The minimum absolute atomic E-state index is 0.368. The van der Waals surface area contributed by atoms with Crippen molar-refractivity contribution in [3.05, 3.63) is 53.6 Å². The van der Waals surface area contributed by atoms with E-state index in [9.17, 15) is 0 Å². The van der Waals surface area contributed by atoms with Gasteiger partial charge in [0.1, 0.15) is 5.82 Å². The first kappa shape index (κ1) is 20.5. The Morgan fingerprint density at radius 1 is 1.10 bits per heavy atom. The lowest BCUT2D eigenvalue weighted by atomic mass is 9.91. The molecule has 0 saturated carbocycles. The van der Waals surface area contributed by atoms with Gasteiger partial charge in [-0.25, -0.2) is 4.98 Å². The number of fused-ring (bicyclic) bond motifs is 2. The van der Waals surface area contributed by atoms with Gasteiger partial charge in [-0.3, -0.25) is 9.88 Å². The topological polar surface area (TPSA) is 40.4 Å². The van der Waals surface area contributed by atoms with E-state index >= 15 is 0 Å². The maximum atomic E-state index is 5.11. The van der Waals surface area contributed by atoms with Gasteiger partial charge in [0.2, 0.25) is 0 Å². The minimum atomic E-state index is 0.368. The number of aryl methyl sites for hydroxylation is 2. The van der Waals surface area contributed by atoms with Crippen molar-refractivity contribution in [3.8, 4) is 0 Å². The molecule has 3 aromatic rings. The SMILES string of the molecule is CCn1c(CN(C)[C@H]2CCCc3cccnc32)nc2cccc(N3CCN(C)CC3)c21. The second kappa shape index (κ2) is 8.60. The number of piperazine rings is 1. The van der Waals surface area contributed by atoms with Crippen LogP contribution in [0.3, 0.4) is 0 Å². The van der Waals surface area contributed by atoms with Crippen molar-refractivity contribution in [3.63, 3.8) is 0 Å². The van der Waals surface area contributed by atoms with Crippen molar-refractivity contribution in [2.24, 2.45) is 0 Å². The predicted octanol–water partition coefficient (Wildman–Crippen LogP) is 3.71. The Labute approximate surface area is 185 Å². The van der Waals surface area contributed by atoms with Gasteiger partial charge in [0, 0.05) is 38.9 Å². The van der Waals surface area contributed by atoms with Crippen molar-refractivity contribution in [2.75, 3.05) is 45.2 Å². The number of para-hydroxylation sites is 1. The van der Waals surface area contributed by atoms with Crippen molar-refractivity contribution < 1.29 is 0 Å². The fourth-order valence-corrected chi connectivity index (χ4v) is 5.33. The molecular weight excluding hydrogens is 384 g/mol. The zero-order chi connectivity index (χ0) is 21.4. The Bertz CT molecular complexity index is 1050. The lowest BCUT2D eigenvalue weighted by molar-refractivity contribution is 0.202. The monoisotopic (exact) mass is 418 g/mol. The summed E-state index contributed by atoms with van der Waals surface area (Å²) in [5.74, 6) is 1.16. The molecule has 0 unspecified atom stereocenters. The van der Waals surface area contributed by atoms with Crippen LogP contribution in [0.15, 0.2) is 36.5 Å². The molecule has 0 spiro atoms. The molecule has 1 fully saturated rings. The van der Waals surface area contributed by atoms with Crippen molar-refractivity contribution in [2.45, 2.75) is 45.3 Å². The van der Waals surface area contributed by atoms with Gasteiger partial charge in [-0.05, 0) is 64.0 Å². The second-order valence-electron chi connectivity index (χ2n) is 9.08. The fourth-order valence-electron chi connectivity index (χ4n) is 5.33. The number of rotatable bonds is 5. The molecule has 6 heteroatoms. The van der Waals surface area contributed by atoms with Crippen LogP contribution in [0, 0.1) is 0 Å². The summed E-state index contributed by atoms with van der Waals surface area (Å²) in [6.07, 6.45) is 5.48. The van der Waals surface area contributed by atoms with Crippen LogP contribution in [-0.2, 0) is 19.5 Å². The fraction of sp³-hybridized carbons (Fsp3) is 0.520. The lowest BCUT2D eigenvalue weighted by Gasteiger charge is -2.34. The summed E-state index contributed by atoms with van der Waals surface area (Å²) >= 11 is 0. The molecule has 2 aliphatic rings. The molecule has 0 amide bonds. The predicted molar refractivity (Wildman–Crippen MR) is 127 cm³/mol. The number of likely N-dealkylation sites (N-methyl/N-ethyl adjacent to an activating group) is 1. The average molecular weight is 419 g/mol. The van der Waals surface area contributed by atoms with E-state index in [1.165, 1.54) is 35.3 Å². The highest BCUT2D eigenvalue weighted by atomic mass is 15.3. The van der Waals surface area contributed by atoms with Crippen LogP contribution >= 0.6 is 0 Å². The summed E-state index contributed by atoms with van der Waals surface area (Å²) in [4.78, 5) is 17.3. The zero-order valence-electron chi connectivity index (χ0n) is 19.1. The standard InChI is InChI=1S/C25H34N6/c1-4-31-23(18-29(3)21-11-5-8-19-9-7-13-26-24(19)21)27-20-10-6-12-22(25(20)31)30-16-14-28(2)15-17-30/h6-7,9-10,12-13,21H,4-5,8,11,14-18H2,1-3H3/t21-/m0/s1. The summed E-state index contributed by atoms with van der Waals surface area (Å²) in [5, 5.41) is 0. The van der Waals surface area contributed by atoms with E-state index in [1.54, 1.807) is 0 Å². The van der Waals surface area contributed by atoms with Gasteiger partial charge < -0.3 is 14.4 Å². The molecule has 1 saturated heterocycles. The van der Waals surface area contributed by atoms with E-state index in [4.69, 9.17) is 9.97 Å². The smallest absolute Gasteiger partial charge is 0.124 e. The van der Waals surface area contributed by atoms with Gasteiger partial charge in [0.05, 0.1) is 35.0 Å². The van der Waals surface area contributed by atoms with E-state index in [0.717, 1.165) is 57.0 Å². The molecule has 2 aromatic heterocycles. The molecule has 0 N–H and O–H groups in total. The van der Waals surface area contributed by atoms with Gasteiger partial charge in [0.25, 0.3) is 0 Å². The first-order chi connectivity index (χ1) is 15.2. The molecule has 1 aliphatic carbocycles. The number of hydrogen-bond donors (Lipinski definition) is 0. The van der Waals surface area contributed by atoms with E-state index in [2.05, 4.69) is 70.6 Å². The Balaban J connectivity index is 1.46. The highest BCUT2D eigenvalue weighted by molar-refractivity contribution is 5.89. The molecule has 1 aliphatic heterocycles. The number of pyridine rings is 1. The summed E-state index contributed by atoms with van der Waals surface area (Å²) in [6, 6.07) is 11.3. The first-order valence-electron chi connectivity index (χ1n) is 11.7. The average Bonchev–Trinajstić information content (AvgIpc) is 3.16. The van der Waals surface area contributed by atoms with Crippen LogP contribution in [0.25, 0.3) is 11.0 Å². The van der Waals surface area contributed by atoms with Crippen LogP contribution in [-0.4, -0.2) is 64.6 Å². The molecule has 1 atom stereocenters. The van der Waals surface area contributed by atoms with E-state index < -0.39 is 0 Å². The summed E-state index contributed by atoms with van der Waals surface area (Å²) in [6.45, 7) is 8.38. The normalized spacial score (nSPS) is 19.9. The quantitative estimate of drug-likeness (QED) is 0.632. The van der Waals surface area contributed by atoms with Crippen LogP contribution in [0.1, 0.15) is 42.9 Å². The van der Waals surface area contributed by atoms with E-state index in [-0.39, 0.29) is 0 Å². The maximum absolute atomic E-state index is 5.11. The molecule has 0 radical (unpaired) electrons. The van der Waals surface area contributed by atoms with Crippen LogP contribution < -0.4 is 4.90 Å². The Morgan fingerprint density at radius 2 is 1.94 bits per heavy atom. The third-order valence-corrected chi connectivity index (χ3v) is 7.07. The van der Waals surface area contributed by atoms with Gasteiger partial charge in [-0.1, -0.05) is 12.1 Å². The lowest BCUT2D eigenvalue weighted by Crippen LogP contribution is -2.44. The zero-order valence-corrected chi connectivity index (χ0v) is 19.1. The van der Waals surface area contributed by atoms with Crippen LogP contribution in [0.4, 0.5) is 5.69 Å². The van der Waals surface area contributed by atoms with E-state index in [1.807, 2.05) is 6.20 Å². The molecule has 1 aromatic carbocycles. The second-order valence-corrected chi connectivity index (χ2v) is 9.08. The highest BCUT2D eigenvalue weighted by Gasteiger charge is 2.27. The Kier molecular flexibility index (Phi) is 5.67. The molecule has 5 rings (SSSR count). The van der Waals surface area contributed by atoms with Gasteiger partial charge in [-0.15, -0.1) is 0 Å². The molecule has 31 heavy (non-hydrogen) atoms. The summed E-state index contributed by atoms with van der Waals surface area (Å²) < 4.78 is 2.43. The van der Waals surface area contributed by atoms with Crippen LogP contribution in [0.2, 0.25) is 0 Å². The van der Waals surface area contributed by atoms with Gasteiger partial charge in [0.15, 0.2) is 0 Å². The van der Waals surface area contributed by atoms with Gasteiger partial charge in [-0.2, -0.15) is 0 Å². The summed E-state index contributed by atoms with van der Waals surface area (Å²) in [5.41, 5.74) is 6.41. The highest BCUT2D eigenvalue weighted by Crippen LogP contribution is 2.34. The summed E-state index contributed by atoms with van der Waals surface area (Å²) in [7, 11) is 4.44. The van der Waals surface area contributed by atoms with Crippen molar-refractivity contribution in [1.82, 2.24) is 24.3 Å². The number of nitrogens with zero attached hydrogens (tertiary/aromatic N) is 6. The molecular formula is C25H34N6. The number of aromatic nitrogens is 3. The first-order valence-corrected chi connectivity index (χ1v) is 11.7. The Morgan fingerprint density at radius 3 is 2.74 bits per heavy atom. The van der Waals surface area contributed by atoms with E-state index in [0.29, 0.717) is 6.04 Å². The van der Waals surface area contributed by atoms with Crippen molar-refractivity contribution in [1.29, 1.82) is 0 Å². The largest absolute Gasteiger partial charge is 0.367 e. The number of hydrogen-bond acceptors (Lipinski definition) is 5. The molecule has 6 nitrogen and oxygen atoms in total. The number of imidazole rings is 1. The van der Waals surface area contributed by atoms with Crippen molar-refractivity contribution >= 4 is 16.7 Å². The molecule has 164 valence electrons. The number of benzene rings is 1. The van der Waals surface area contributed by atoms with Crippen LogP contribution in [0.5, 0.6) is 0 Å². The third-order valence-electron chi connectivity index (χ3n) is 7.07. The minimum Gasteiger partial charge on any atom is -0.367 e. The molecule has 3 heterocycles. The van der Waals surface area contributed by atoms with Gasteiger partial charge >= 0.3 is 0 Å². The maximum Gasteiger partial charge on any atom is 0.124 e. The third kappa shape index (κ3) is 3.83. The molecule has 0 bridgehead atoms. The number of anilines is 1.